The summed E-state index contributed by atoms with van der Waals surface area (Å²) in [6, 6.07) is 21.2. The Labute approximate surface area is 335 Å². The summed E-state index contributed by atoms with van der Waals surface area (Å²) in [5.41, 5.74) is 11.4. The van der Waals surface area contributed by atoms with Crippen LogP contribution in [0.25, 0.3) is 0 Å². The van der Waals surface area contributed by atoms with Gasteiger partial charge in [0.25, 0.3) is 0 Å². The van der Waals surface area contributed by atoms with E-state index in [0.717, 1.165) is 23.3 Å². The van der Waals surface area contributed by atoms with Crippen LogP contribution in [-0.2, 0) is 0 Å². The first kappa shape index (κ1) is 45.9. The Hall–Kier alpha value is -5.22. The molecule has 0 saturated heterocycles. The second-order valence-electron chi connectivity index (χ2n) is 14.1. The average molecular weight is 734 g/mol. The van der Waals surface area contributed by atoms with Gasteiger partial charge in [0, 0.05) is 35.1 Å². The fraction of sp³-hybridized carbons (Fsp3) is 0.269. The van der Waals surface area contributed by atoms with Gasteiger partial charge in [-0.25, -0.2) is 0 Å². The maximum Gasteiger partial charge on any atom is 0.0837 e. The summed E-state index contributed by atoms with van der Waals surface area (Å²) in [5.74, 6) is 0. The predicted octanol–water partition coefficient (Wildman–Crippen LogP) is 14.0. The summed E-state index contributed by atoms with van der Waals surface area (Å²) in [5, 5.41) is 6.90. The van der Waals surface area contributed by atoms with Gasteiger partial charge < -0.3 is 10.2 Å². The van der Waals surface area contributed by atoms with Crippen LogP contribution < -0.4 is 10.6 Å². The molecule has 2 aromatic carbocycles. The zero-order valence-corrected chi connectivity index (χ0v) is 35.2. The Morgan fingerprint density at radius 1 is 0.855 bits per heavy atom. The number of benzene rings is 2. The van der Waals surface area contributed by atoms with E-state index in [9.17, 15) is 0 Å². The van der Waals surface area contributed by atoms with Gasteiger partial charge in [0.15, 0.2) is 0 Å². The highest BCUT2D eigenvalue weighted by Gasteiger charge is 2.38. The molecule has 5 rings (SSSR count). The molecule has 2 atom stereocenters. The molecule has 2 aromatic rings. The van der Waals surface area contributed by atoms with E-state index in [4.69, 9.17) is 0 Å². The lowest BCUT2D eigenvalue weighted by Crippen LogP contribution is -2.33. The molecule has 0 saturated carbocycles. The number of hydrogen-bond acceptors (Lipinski definition) is 3. The first-order valence-corrected chi connectivity index (χ1v) is 19.5. The molecule has 0 amide bonds. The Bertz CT molecular complexity index is 1850. The average Bonchev–Trinajstić information content (AvgIpc) is 3.29. The molecule has 2 N–H and O–H groups in total. The molecule has 2 unspecified atom stereocenters. The first-order chi connectivity index (χ1) is 26.4. The number of rotatable bonds is 8. The fourth-order valence-corrected chi connectivity index (χ4v) is 6.24. The largest absolute Gasteiger partial charge is 0.324 e. The van der Waals surface area contributed by atoms with Crippen LogP contribution in [0.1, 0.15) is 91.6 Å². The maximum atomic E-state index is 4.29. The van der Waals surface area contributed by atoms with Crippen molar-refractivity contribution in [2.75, 3.05) is 7.05 Å². The smallest absolute Gasteiger partial charge is 0.0837 e. The fourth-order valence-electron chi connectivity index (χ4n) is 6.24. The van der Waals surface area contributed by atoms with Crippen LogP contribution >= 0.6 is 0 Å². The number of nitrogens with zero attached hydrogens (tertiary/aromatic N) is 1. The number of fused-ring (bicyclic) bond motifs is 1. The Kier molecular flexibility index (Phi) is 20.2. The zero-order valence-electron chi connectivity index (χ0n) is 35.2. The number of hydrogen-bond donors (Lipinski definition) is 2. The first-order valence-electron chi connectivity index (χ1n) is 19.5. The van der Waals surface area contributed by atoms with Gasteiger partial charge in [-0.15, -0.1) is 6.58 Å². The lowest BCUT2D eigenvalue weighted by Gasteiger charge is -2.25. The predicted molar refractivity (Wildman–Crippen MR) is 244 cm³/mol. The quantitative estimate of drug-likeness (QED) is 0.209. The van der Waals surface area contributed by atoms with Crippen molar-refractivity contribution in [2.45, 2.75) is 80.4 Å². The molecule has 0 bridgehead atoms. The van der Waals surface area contributed by atoms with E-state index in [1.165, 1.54) is 45.4 Å². The summed E-state index contributed by atoms with van der Waals surface area (Å²) in [4.78, 5) is 2.21. The van der Waals surface area contributed by atoms with Crippen LogP contribution in [0.2, 0.25) is 0 Å². The molecule has 3 heteroatoms. The minimum absolute atomic E-state index is 0.168. The molecule has 0 radical (unpaired) electrons. The lowest BCUT2D eigenvalue weighted by molar-refractivity contribution is 0.421. The normalized spacial score (nSPS) is 20.3. The van der Waals surface area contributed by atoms with Gasteiger partial charge in [0.2, 0.25) is 0 Å². The van der Waals surface area contributed by atoms with Gasteiger partial charge in [-0.2, -0.15) is 0 Å². The third-order valence-electron chi connectivity index (χ3n) is 9.13. The third-order valence-corrected chi connectivity index (χ3v) is 9.13. The van der Waals surface area contributed by atoms with Gasteiger partial charge in [-0.3, -0.25) is 5.32 Å². The third kappa shape index (κ3) is 13.9. The van der Waals surface area contributed by atoms with Gasteiger partial charge in [0.1, 0.15) is 0 Å². The molecular formula is C52H67N3. The molecule has 3 aliphatic rings. The van der Waals surface area contributed by atoms with Crippen molar-refractivity contribution >= 4 is 0 Å². The van der Waals surface area contributed by atoms with Crippen LogP contribution in [0.3, 0.4) is 0 Å². The molecule has 0 fully saturated rings. The van der Waals surface area contributed by atoms with E-state index in [-0.39, 0.29) is 11.6 Å². The highest BCUT2D eigenvalue weighted by molar-refractivity contribution is 5.69. The van der Waals surface area contributed by atoms with Crippen molar-refractivity contribution in [3.63, 3.8) is 0 Å². The monoisotopic (exact) mass is 734 g/mol. The second-order valence-corrected chi connectivity index (χ2v) is 14.1. The van der Waals surface area contributed by atoms with Crippen molar-refractivity contribution in [3.8, 4) is 0 Å². The molecule has 0 spiro atoms. The van der Waals surface area contributed by atoms with E-state index in [0.29, 0.717) is 6.04 Å². The standard InChI is InChI=1S/C30H33N.C16H20N2.C3H8.C3H6/c1-8-13-26-27-21-31(25-16-12-14-22(3)17-18-25)19-11-10-15-23(4)24(5)20-29(27)30(6,7)28(26)9-2;1-13(14-9-5-3-6-10-14)18-16(17-2)15-11-7-4-8-12-15;2*1-3-2/h8-11,13-21H,2,4-5,12H2,1,3,6-7H3;3-13,16-18H,1-2H3;3H2,1-2H3;3H,1H2,2H3/b13-8-,15-10-,19-11-,27-21-,29-20+;;;. The van der Waals surface area contributed by atoms with Crippen molar-refractivity contribution in [3.05, 3.63) is 228 Å². The zero-order chi connectivity index (χ0) is 40.8. The second kappa shape index (κ2) is 24.2. The van der Waals surface area contributed by atoms with Crippen molar-refractivity contribution in [2.24, 2.45) is 5.41 Å². The van der Waals surface area contributed by atoms with Crippen molar-refractivity contribution in [1.29, 1.82) is 0 Å². The van der Waals surface area contributed by atoms with Crippen LogP contribution in [0.15, 0.2) is 217 Å². The summed E-state index contributed by atoms with van der Waals surface area (Å²) >= 11 is 0. The molecule has 290 valence electrons. The van der Waals surface area contributed by atoms with E-state index >= 15 is 0 Å². The summed E-state index contributed by atoms with van der Waals surface area (Å²) < 4.78 is 0. The van der Waals surface area contributed by atoms with E-state index in [1.807, 2.05) is 50.4 Å². The molecule has 2 aliphatic carbocycles. The Balaban J connectivity index is 0.000000367. The molecule has 1 heterocycles. The van der Waals surface area contributed by atoms with E-state index < -0.39 is 0 Å². The highest BCUT2D eigenvalue weighted by Crippen LogP contribution is 2.51. The molecule has 55 heavy (non-hydrogen) atoms. The van der Waals surface area contributed by atoms with Gasteiger partial charge >= 0.3 is 0 Å². The van der Waals surface area contributed by atoms with E-state index in [1.54, 1.807) is 6.08 Å². The van der Waals surface area contributed by atoms with Gasteiger partial charge in [-0.05, 0) is 92.3 Å². The maximum absolute atomic E-state index is 4.29. The van der Waals surface area contributed by atoms with Gasteiger partial charge in [-0.1, -0.05) is 181 Å². The highest BCUT2D eigenvalue weighted by atomic mass is 15.1. The topological polar surface area (TPSA) is 27.3 Å². The molecule has 1 aliphatic heterocycles. The summed E-state index contributed by atoms with van der Waals surface area (Å²) in [7, 11) is 1.97. The molecule has 0 aromatic heterocycles. The Morgan fingerprint density at radius 3 is 2.02 bits per heavy atom. The number of nitrogens with one attached hydrogen (secondary N) is 2. The van der Waals surface area contributed by atoms with Gasteiger partial charge in [0.05, 0.1) is 6.17 Å². The number of allylic oxidation sites excluding steroid dienone is 19. The van der Waals surface area contributed by atoms with E-state index in [2.05, 4.69) is 194 Å². The Morgan fingerprint density at radius 2 is 1.45 bits per heavy atom. The van der Waals surface area contributed by atoms with Crippen LogP contribution in [-0.4, -0.2) is 11.9 Å². The summed E-state index contributed by atoms with van der Waals surface area (Å²) in [6.07, 6.45) is 31.8. The lowest BCUT2D eigenvalue weighted by atomic mass is 9.79. The van der Waals surface area contributed by atoms with Crippen LogP contribution in [0, 0.1) is 5.41 Å². The minimum Gasteiger partial charge on any atom is -0.324 e. The SMILES string of the molecule is C=CC.C=CC1=C(/C=C\C)C2=C/N(C3=CCC=C(C)C=C3)/C=C\C=C/C(=C)C(=C)/C=C\2C1(C)C.CCC.CNC(NC(C)c1ccccc1)c1ccccc1. The van der Waals surface area contributed by atoms with Crippen LogP contribution in [0.4, 0.5) is 0 Å². The molecule has 3 nitrogen and oxygen atoms in total. The summed E-state index contributed by atoms with van der Waals surface area (Å²) in [6.45, 7) is 33.0. The molecular weight excluding hydrogens is 667 g/mol. The van der Waals surface area contributed by atoms with Crippen LogP contribution in [0.5, 0.6) is 0 Å². The van der Waals surface area contributed by atoms with Crippen molar-refractivity contribution in [1.82, 2.24) is 15.5 Å². The minimum atomic E-state index is -0.190. The van der Waals surface area contributed by atoms with Crippen molar-refractivity contribution < 1.29 is 0 Å².